The van der Waals surface area contributed by atoms with Gasteiger partial charge in [-0.15, -0.1) is 0 Å². The lowest BCUT2D eigenvalue weighted by Crippen LogP contribution is -2.32. The molecule has 112 valence electrons. The van der Waals surface area contributed by atoms with E-state index in [0.717, 1.165) is 5.56 Å². The summed E-state index contributed by atoms with van der Waals surface area (Å²) < 4.78 is 10.5. The van der Waals surface area contributed by atoms with Crippen molar-refractivity contribution >= 4 is 29.2 Å². The molecule has 0 aliphatic rings. The van der Waals surface area contributed by atoms with Crippen LogP contribution in [-0.2, 0) is 16.0 Å². The van der Waals surface area contributed by atoms with Gasteiger partial charge in [0.05, 0.1) is 17.5 Å². The van der Waals surface area contributed by atoms with E-state index in [1.165, 1.54) is 7.11 Å². The number of hydrogen-bond acceptors (Lipinski definition) is 4. The molecule has 0 saturated heterocycles. The van der Waals surface area contributed by atoms with Gasteiger partial charge in [0, 0.05) is 5.02 Å². The number of rotatable bonds is 6. The Morgan fingerprint density at radius 1 is 1.35 bits per heavy atom. The van der Waals surface area contributed by atoms with Gasteiger partial charge in [0.25, 0.3) is 0 Å². The number of esters is 1. The van der Waals surface area contributed by atoms with Crippen molar-refractivity contribution < 1.29 is 14.3 Å². The molecule has 0 fully saturated rings. The van der Waals surface area contributed by atoms with Crippen molar-refractivity contribution in [3.63, 3.8) is 0 Å². The van der Waals surface area contributed by atoms with E-state index in [2.05, 4.69) is 0 Å². The van der Waals surface area contributed by atoms with Crippen molar-refractivity contribution in [2.75, 3.05) is 20.3 Å². The van der Waals surface area contributed by atoms with Gasteiger partial charge in [0.1, 0.15) is 12.4 Å². The van der Waals surface area contributed by atoms with Crippen LogP contribution < -0.4 is 10.5 Å². The van der Waals surface area contributed by atoms with E-state index in [1.807, 2.05) is 0 Å². The third-order valence-electron chi connectivity index (χ3n) is 2.81. The number of hydrogen-bond donors (Lipinski definition) is 1. The maximum Gasteiger partial charge on any atom is 0.314 e. The predicted octanol–water partition coefficient (Wildman–Crippen LogP) is 3.07. The van der Waals surface area contributed by atoms with Crippen molar-refractivity contribution in [2.24, 2.45) is 11.1 Å². The van der Waals surface area contributed by atoms with Crippen LogP contribution in [0.25, 0.3) is 0 Å². The summed E-state index contributed by atoms with van der Waals surface area (Å²) in [6.45, 7) is 4.09. The molecule has 1 aromatic carbocycles. The fourth-order valence-electron chi connectivity index (χ4n) is 1.70. The number of ether oxygens (including phenoxy) is 2. The molecule has 0 saturated carbocycles. The molecule has 0 spiro atoms. The van der Waals surface area contributed by atoms with E-state index in [-0.39, 0.29) is 12.6 Å². The molecule has 0 heterocycles. The monoisotopic (exact) mass is 319 g/mol. The Morgan fingerprint density at radius 2 is 2.00 bits per heavy atom. The molecule has 0 bridgehead atoms. The maximum absolute atomic E-state index is 11.6. The average Bonchev–Trinajstić information content (AvgIpc) is 2.36. The van der Waals surface area contributed by atoms with Crippen LogP contribution in [0.1, 0.15) is 19.4 Å². The zero-order valence-electron chi connectivity index (χ0n) is 11.8. The Kier molecular flexibility index (Phi) is 6.11. The second-order valence-electron chi connectivity index (χ2n) is 5.08. The lowest BCUT2D eigenvalue weighted by Gasteiger charge is -2.23. The Balaban J connectivity index is 2.94. The van der Waals surface area contributed by atoms with Crippen LogP contribution in [0.4, 0.5) is 0 Å². The largest absolute Gasteiger partial charge is 0.491 e. The van der Waals surface area contributed by atoms with Crippen molar-refractivity contribution in [3.05, 3.63) is 27.7 Å². The second-order valence-corrected chi connectivity index (χ2v) is 5.92. The van der Waals surface area contributed by atoms with E-state index < -0.39 is 5.41 Å². The van der Waals surface area contributed by atoms with Gasteiger partial charge in [-0.2, -0.15) is 0 Å². The molecule has 0 aromatic heterocycles. The number of carbonyl (C=O) groups excluding carboxylic acids is 1. The molecule has 20 heavy (non-hydrogen) atoms. The fourth-order valence-corrected chi connectivity index (χ4v) is 2.29. The van der Waals surface area contributed by atoms with Gasteiger partial charge in [0.15, 0.2) is 0 Å². The standard InChI is InChI=1S/C14H19Cl2NO3/c1-14(2,13(18)19-3)8-20-12-9(4-5-17)6-10(15)7-11(12)16/h6-7H,4-5,8,17H2,1-3H3. The predicted molar refractivity (Wildman–Crippen MR) is 80.5 cm³/mol. The molecular weight excluding hydrogens is 301 g/mol. The van der Waals surface area contributed by atoms with Crippen LogP contribution in [0.15, 0.2) is 12.1 Å². The van der Waals surface area contributed by atoms with Gasteiger partial charge in [0.2, 0.25) is 0 Å². The highest BCUT2D eigenvalue weighted by atomic mass is 35.5. The minimum atomic E-state index is -0.766. The summed E-state index contributed by atoms with van der Waals surface area (Å²) in [4.78, 5) is 11.6. The number of halogens is 2. The summed E-state index contributed by atoms with van der Waals surface area (Å²) in [5, 5.41) is 0.930. The van der Waals surface area contributed by atoms with E-state index in [0.29, 0.717) is 28.8 Å². The maximum atomic E-state index is 11.6. The highest BCUT2D eigenvalue weighted by molar-refractivity contribution is 6.35. The zero-order valence-corrected chi connectivity index (χ0v) is 13.3. The molecule has 0 atom stereocenters. The Bertz CT molecular complexity index is 490. The highest BCUT2D eigenvalue weighted by Gasteiger charge is 2.30. The smallest absolute Gasteiger partial charge is 0.314 e. The number of benzene rings is 1. The van der Waals surface area contributed by atoms with Crippen molar-refractivity contribution in [3.8, 4) is 5.75 Å². The summed E-state index contributed by atoms with van der Waals surface area (Å²) in [5.74, 6) is 0.168. The van der Waals surface area contributed by atoms with Gasteiger partial charge < -0.3 is 15.2 Å². The summed E-state index contributed by atoms with van der Waals surface area (Å²) in [6.07, 6.45) is 0.592. The van der Waals surface area contributed by atoms with Crippen molar-refractivity contribution in [2.45, 2.75) is 20.3 Å². The molecule has 6 heteroatoms. The van der Waals surface area contributed by atoms with Crippen LogP contribution in [-0.4, -0.2) is 26.2 Å². The molecule has 0 unspecified atom stereocenters. The summed E-state index contributed by atoms with van der Waals surface area (Å²) in [7, 11) is 1.35. The number of carbonyl (C=O) groups is 1. The minimum absolute atomic E-state index is 0.151. The summed E-state index contributed by atoms with van der Waals surface area (Å²) >= 11 is 12.1. The first-order chi connectivity index (χ1) is 9.31. The summed E-state index contributed by atoms with van der Waals surface area (Å²) in [5.41, 5.74) is 5.62. The molecule has 1 aromatic rings. The third kappa shape index (κ3) is 4.27. The number of nitrogens with two attached hydrogens (primary N) is 1. The molecule has 0 amide bonds. The molecule has 0 aliphatic carbocycles. The molecule has 0 aliphatic heterocycles. The van der Waals surface area contributed by atoms with E-state index in [1.54, 1.807) is 26.0 Å². The first-order valence-corrected chi connectivity index (χ1v) is 6.96. The molecule has 0 radical (unpaired) electrons. The van der Waals surface area contributed by atoms with Gasteiger partial charge in [-0.05, 0) is 44.5 Å². The van der Waals surface area contributed by atoms with Crippen molar-refractivity contribution in [1.82, 2.24) is 0 Å². The second kappa shape index (κ2) is 7.16. The SMILES string of the molecule is COC(=O)C(C)(C)COc1c(Cl)cc(Cl)cc1CCN. The Hall–Kier alpha value is -0.970. The lowest BCUT2D eigenvalue weighted by atomic mass is 9.95. The first-order valence-electron chi connectivity index (χ1n) is 6.21. The zero-order chi connectivity index (χ0) is 15.3. The molecule has 1 rings (SSSR count). The first kappa shape index (κ1) is 17.1. The van der Waals surface area contributed by atoms with E-state index in [9.17, 15) is 4.79 Å². The van der Waals surface area contributed by atoms with Crippen LogP contribution in [0, 0.1) is 5.41 Å². The third-order valence-corrected chi connectivity index (χ3v) is 3.31. The van der Waals surface area contributed by atoms with Crippen LogP contribution in [0.2, 0.25) is 10.0 Å². The average molecular weight is 320 g/mol. The Labute approximate surface area is 129 Å². The van der Waals surface area contributed by atoms with Crippen LogP contribution >= 0.6 is 23.2 Å². The van der Waals surface area contributed by atoms with Crippen LogP contribution in [0.5, 0.6) is 5.75 Å². The van der Waals surface area contributed by atoms with Crippen LogP contribution in [0.3, 0.4) is 0 Å². The van der Waals surface area contributed by atoms with Gasteiger partial charge in [-0.1, -0.05) is 23.2 Å². The quantitative estimate of drug-likeness (QED) is 0.818. The fraction of sp³-hybridized carbons (Fsp3) is 0.500. The van der Waals surface area contributed by atoms with Gasteiger partial charge >= 0.3 is 5.97 Å². The topological polar surface area (TPSA) is 61.5 Å². The summed E-state index contributed by atoms with van der Waals surface area (Å²) in [6, 6.07) is 3.37. The molecular formula is C14H19Cl2NO3. The minimum Gasteiger partial charge on any atom is -0.491 e. The highest BCUT2D eigenvalue weighted by Crippen LogP contribution is 2.34. The van der Waals surface area contributed by atoms with Gasteiger partial charge in [-0.3, -0.25) is 4.79 Å². The number of methoxy groups -OCH3 is 1. The normalized spacial score (nSPS) is 11.3. The lowest BCUT2D eigenvalue weighted by molar-refractivity contribution is -0.152. The molecule has 4 nitrogen and oxygen atoms in total. The van der Waals surface area contributed by atoms with Crippen molar-refractivity contribution in [1.29, 1.82) is 0 Å². The van der Waals surface area contributed by atoms with E-state index in [4.69, 9.17) is 38.4 Å². The van der Waals surface area contributed by atoms with E-state index >= 15 is 0 Å². The van der Waals surface area contributed by atoms with Gasteiger partial charge in [-0.25, -0.2) is 0 Å². The Morgan fingerprint density at radius 3 is 2.55 bits per heavy atom. The molecule has 2 N–H and O–H groups in total.